The minimum absolute atomic E-state index is 0.758. The zero-order valence-corrected chi connectivity index (χ0v) is 10.2. The molecule has 0 atom stereocenters. The summed E-state index contributed by atoms with van der Waals surface area (Å²) in [7, 11) is 0. The van der Waals surface area contributed by atoms with Crippen LogP contribution in [-0.4, -0.2) is 23.1 Å². The number of alkyl halides is 6. The quantitative estimate of drug-likeness (QED) is 0.713. The molecule has 0 amide bonds. The van der Waals surface area contributed by atoms with Gasteiger partial charge in [-0.1, -0.05) is 34.6 Å². The molecule has 7 heteroatoms. The standard InChI is InChI=1S/C10H16F6O/c1-6(2,3)7(4,5)8(17,9(11,12)13)10(14,15)16/h17H,1-5H3. The van der Waals surface area contributed by atoms with Crippen LogP contribution in [0.3, 0.4) is 0 Å². The minimum Gasteiger partial charge on any atom is -0.373 e. The highest BCUT2D eigenvalue weighted by molar-refractivity contribution is 5.08. The maximum Gasteiger partial charge on any atom is 0.426 e. The number of hydrogen-bond donors (Lipinski definition) is 1. The van der Waals surface area contributed by atoms with Crippen LogP contribution in [0.5, 0.6) is 0 Å². The lowest BCUT2D eigenvalue weighted by atomic mass is 9.59. The lowest BCUT2D eigenvalue weighted by molar-refractivity contribution is -0.410. The molecule has 0 aromatic carbocycles. The van der Waals surface area contributed by atoms with Crippen molar-refractivity contribution in [2.45, 2.75) is 52.6 Å². The van der Waals surface area contributed by atoms with Gasteiger partial charge in [-0.05, 0) is 5.41 Å². The highest BCUT2D eigenvalue weighted by Crippen LogP contribution is 2.59. The van der Waals surface area contributed by atoms with Gasteiger partial charge in [0.25, 0.3) is 5.60 Å². The number of rotatable bonds is 1. The topological polar surface area (TPSA) is 20.2 Å². The molecule has 0 radical (unpaired) electrons. The zero-order chi connectivity index (χ0) is 14.5. The van der Waals surface area contributed by atoms with Crippen LogP contribution >= 0.6 is 0 Å². The van der Waals surface area contributed by atoms with E-state index in [1.165, 1.54) is 20.8 Å². The molecule has 0 aromatic heterocycles. The Hall–Kier alpha value is -0.460. The SMILES string of the molecule is CC(C)(C)C(C)(C)C(O)(C(F)(F)F)C(F)(F)F. The molecule has 0 saturated carbocycles. The van der Waals surface area contributed by atoms with Gasteiger partial charge in [-0.25, -0.2) is 0 Å². The zero-order valence-electron chi connectivity index (χ0n) is 10.2. The van der Waals surface area contributed by atoms with Gasteiger partial charge in [0.1, 0.15) is 0 Å². The van der Waals surface area contributed by atoms with Crippen molar-refractivity contribution in [2.75, 3.05) is 0 Å². The van der Waals surface area contributed by atoms with Gasteiger partial charge in [-0.15, -0.1) is 0 Å². The monoisotopic (exact) mass is 266 g/mol. The van der Waals surface area contributed by atoms with Gasteiger partial charge in [-0.2, -0.15) is 26.3 Å². The third-order valence-corrected chi connectivity index (χ3v) is 3.60. The molecule has 104 valence electrons. The van der Waals surface area contributed by atoms with E-state index in [2.05, 4.69) is 0 Å². The van der Waals surface area contributed by atoms with Crippen LogP contribution in [0.15, 0.2) is 0 Å². The third-order valence-electron chi connectivity index (χ3n) is 3.60. The van der Waals surface area contributed by atoms with Crippen LogP contribution in [0.1, 0.15) is 34.6 Å². The average molecular weight is 266 g/mol. The summed E-state index contributed by atoms with van der Waals surface area (Å²) in [5.74, 6) is 0. The van der Waals surface area contributed by atoms with E-state index in [-0.39, 0.29) is 0 Å². The number of hydrogen-bond acceptors (Lipinski definition) is 1. The number of halogens is 6. The number of aliphatic hydroxyl groups is 1. The second kappa shape index (κ2) is 3.76. The smallest absolute Gasteiger partial charge is 0.373 e. The first-order valence-electron chi connectivity index (χ1n) is 4.86. The van der Waals surface area contributed by atoms with Crippen molar-refractivity contribution in [1.29, 1.82) is 0 Å². The Balaban J connectivity index is 6.04. The fourth-order valence-corrected chi connectivity index (χ4v) is 1.41. The molecule has 0 aliphatic rings. The molecule has 0 fully saturated rings. The lowest BCUT2D eigenvalue weighted by Gasteiger charge is -2.51. The van der Waals surface area contributed by atoms with Crippen molar-refractivity contribution in [3.63, 3.8) is 0 Å². The van der Waals surface area contributed by atoms with E-state index in [0.29, 0.717) is 0 Å². The van der Waals surface area contributed by atoms with Crippen molar-refractivity contribution in [2.24, 2.45) is 10.8 Å². The Morgan fingerprint density at radius 2 is 0.882 bits per heavy atom. The van der Waals surface area contributed by atoms with E-state index in [0.717, 1.165) is 13.8 Å². The molecule has 0 bridgehead atoms. The summed E-state index contributed by atoms with van der Waals surface area (Å²) in [6.45, 7) is 5.17. The van der Waals surface area contributed by atoms with Gasteiger partial charge >= 0.3 is 12.4 Å². The van der Waals surface area contributed by atoms with Gasteiger partial charge in [0.2, 0.25) is 0 Å². The predicted molar refractivity (Wildman–Crippen MR) is 50.3 cm³/mol. The Kier molecular flexibility index (Phi) is 3.66. The maximum absolute atomic E-state index is 12.7. The largest absolute Gasteiger partial charge is 0.426 e. The molecular formula is C10H16F6O. The average Bonchev–Trinajstić information content (AvgIpc) is 1.95. The molecule has 0 aliphatic heterocycles. The van der Waals surface area contributed by atoms with Crippen LogP contribution in [-0.2, 0) is 0 Å². The second-order valence-corrected chi connectivity index (χ2v) is 5.58. The Morgan fingerprint density at radius 1 is 0.647 bits per heavy atom. The molecule has 1 N–H and O–H groups in total. The Bertz CT molecular complexity index is 267. The summed E-state index contributed by atoms with van der Waals surface area (Å²) in [6, 6.07) is 0. The minimum atomic E-state index is -5.79. The van der Waals surface area contributed by atoms with E-state index < -0.39 is 28.8 Å². The van der Waals surface area contributed by atoms with E-state index in [9.17, 15) is 31.4 Å². The Morgan fingerprint density at radius 3 is 0.941 bits per heavy atom. The fraction of sp³-hybridized carbons (Fsp3) is 1.00. The summed E-state index contributed by atoms with van der Waals surface area (Å²) < 4.78 is 75.9. The molecule has 0 aromatic rings. The fourth-order valence-electron chi connectivity index (χ4n) is 1.41. The van der Waals surface area contributed by atoms with Crippen LogP contribution in [0.2, 0.25) is 0 Å². The van der Waals surface area contributed by atoms with E-state index in [4.69, 9.17) is 0 Å². The second-order valence-electron chi connectivity index (χ2n) is 5.58. The first kappa shape index (κ1) is 16.5. The molecule has 0 unspecified atom stereocenters. The molecule has 0 heterocycles. The molecule has 17 heavy (non-hydrogen) atoms. The van der Waals surface area contributed by atoms with E-state index >= 15 is 0 Å². The van der Waals surface area contributed by atoms with Gasteiger partial charge in [0.05, 0.1) is 0 Å². The van der Waals surface area contributed by atoms with Gasteiger partial charge in [0, 0.05) is 5.41 Å². The van der Waals surface area contributed by atoms with E-state index in [1.807, 2.05) is 0 Å². The normalized spacial score (nSPS) is 16.2. The summed E-state index contributed by atoms with van der Waals surface area (Å²) >= 11 is 0. The third kappa shape index (κ3) is 2.26. The van der Waals surface area contributed by atoms with Crippen LogP contribution in [0, 0.1) is 10.8 Å². The summed E-state index contributed by atoms with van der Waals surface area (Å²) in [4.78, 5) is 0. The van der Waals surface area contributed by atoms with Crippen molar-refractivity contribution in [3.8, 4) is 0 Å². The highest BCUT2D eigenvalue weighted by Gasteiger charge is 2.78. The van der Waals surface area contributed by atoms with Crippen molar-refractivity contribution in [3.05, 3.63) is 0 Å². The van der Waals surface area contributed by atoms with Crippen molar-refractivity contribution >= 4 is 0 Å². The molecule has 0 rings (SSSR count). The Labute approximate surface area is 95.8 Å². The highest BCUT2D eigenvalue weighted by atomic mass is 19.4. The van der Waals surface area contributed by atoms with Crippen molar-refractivity contribution < 1.29 is 31.4 Å². The molecule has 0 spiro atoms. The van der Waals surface area contributed by atoms with E-state index in [1.54, 1.807) is 0 Å². The summed E-state index contributed by atoms with van der Waals surface area (Å²) in [5.41, 5.74) is -8.57. The predicted octanol–water partition coefficient (Wildman–Crippen LogP) is 3.91. The van der Waals surface area contributed by atoms with Crippen molar-refractivity contribution in [1.82, 2.24) is 0 Å². The first-order valence-corrected chi connectivity index (χ1v) is 4.86. The van der Waals surface area contributed by atoms with Gasteiger partial charge in [0.15, 0.2) is 0 Å². The first-order chi connectivity index (χ1) is 7.00. The lowest BCUT2D eigenvalue weighted by Crippen LogP contribution is -2.68. The maximum atomic E-state index is 12.7. The van der Waals surface area contributed by atoms with Gasteiger partial charge < -0.3 is 5.11 Å². The van der Waals surface area contributed by atoms with Gasteiger partial charge in [-0.3, -0.25) is 0 Å². The summed E-state index contributed by atoms with van der Waals surface area (Å²) in [6.07, 6.45) is -11.6. The van der Waals surface area contributed by atoms with Crippen LogP contribution < -0.4 is 0 Å². The summed E-state index contributed by atoms with van der Waals surface area (Å²) in [5, 5.41) is 9.30. The van der Waals surface area contributed by atoms with Crippen LogP contribution in [0.4, 0.5) is 26.3 Å². The molecular weight excluding hydrogens is 250 g/mol. The molecule has 1 nitrogen and oxygen atoms in total. The van der Waals surface area contributed by atoms with Crippen LogP contribution in [0.25, 0.3) is 0 Å². The molecule has 0 saturated heterocycles. The molecule has 0 aliphatic carbocycles.